The van der Waals surface area contributed by atoms with Gasteiger partial charge < -0.3 is 18.3 Å². The van der Waals surface area contributed by atoms with Crippen molar-refractivity contribution in [2.45, 2.75) is 44.6 Å². The van der Waals surface area contributed by atoms with Crippen molar-refractivity contribution in [3.63, 3.8) is 0 Å². The Morgan fingerprint density at radius 2 is 2.00 bits per heavy atom. The molecule has 1 saturated heterocycles. The zero-order valence-corrected chi connectivity index (χ0v) is 11.8. The monoisotopic (exact) mass is 248 g/mol. The molecule has 0 amide bonds. The summed E-state index contributed by atoms with van der Waals surface area (Å²) in [5.74, 6) is 0. The molecule has 0 aromatic carbocycles. The van der Waals surface area contributed by atoms with Gasteiger partial charge in [-0.15, -0.1) is 0 Å². The maximum absolute atomic E-state index is 5.87. The first-order valence-electron chi connectivity index (χ1n) is 5.99. The van der Waals surface area contributed by atoms with Crippen LogP contribution in [-0.2, 0) is 18.3 Å². The quantitative estimate of drug-likeness (QED) is 0.355. The number of ether oxygens (including phenoxy) is 2. The van der Waals surface area contributed by atoms with Crippen LogP contribution in [-0.4, -0.2) is 47.8 Å². The summed E-state index contributed by atoms with van der Waals surface area (Å²) in [6.45, 7) is 5.86. The van der Waals surface area contributed by atoms with E-state index in [0.717, 1.165) is 32.5 Å². The fraction of sp³-hybridized carbons (Fsp3) is 1.00. The molecule has 1 aliphatic rings. The van der Waals surface area contributed by atoms with Crippen LogP contribution in [0.5, 0.6) is 0 Å². The molecule has 16 heavy (non-hydrogen) atoms. The van der Waals surface area contributed by atoms with Crippen LogP contribution in [0.25, 0.3) is 0 Å². The maximum Gasteiger partial charge on any atom is 0.364 e. The average Bonchev–Trinajstić information content (AvgIpc) is 3.12. The van der Waals surface area contributed by atoms with Gasteiger partial charge >= 0.3 is 8.56 Å². The molecule has 0 aliphatic carbocycles. The van der Waals surface area contributed by atoms with Crippen LogP contribution in [0.3, 0.4) is 0 Å². The summed E-state index contributed by atoms with van der Waals surface area (Å²) >= 11 is 0. The van der Waals surface area contributed by atoms with E-state index in [2.05, 4.69) is 6.92 Å². The largest absolute Gasteiger partial charge is 0.396 e. The number of epoxide rings is 1. The summed E-state index contributed by atoms with van der Waals surface area (Å²) < 4.78 is 22.0. The Labute approximate surface area is 99.5 Å². The minimum absolute atomic E-state index is 0.114. The van der Waals surface area contributed by atoms with E-state index in [0.29, 0.717) is 6.10 Å². The second-order valence-electron chi connectivity index (χ2n) is 4.29. The third-order valence-corrected chi connectivity index (χ3v) is 6.52. The molecule has 0 N–H and O–H groups in total. The van der Waals surface area contributed by atoms with Crippen LogP contribution in [0.15, 0.2) is 0 Å². The maximum atomic E-state index is 5.87. The normalized spacial score (nSPS) is 22.1. The number of hydrogen-bond acceptors (Lipinski definition) is 4. The van der Waals surface area contributed by atoms with E-state index in [-0.39, 0.29) is 5.73 Å². The predicted octanol–water partition coefficient (Wildman–Crippen LogP) is 1.86. The van der Waals surface area contributed by atoms with Crippen molar-refractivity contribution >= 4 is 8.56 Å². The van der Waals surface area contributed by atoms with Crippen molar-refractivity contribution in [3.05, 3.63) is 0 Å². The van der Waals surface area contributed by atoms with Gasteiger partial charge in [-0.3, -0.25) is 0 Å². The van der Waals surface area contributed by atoms with E-state index in [9.17, 15) is 0 Å². The van der Waals surface area contributed by atoms with Gasteiger partial charge in [-0.25, -0.2) is 0 Å². The first-order chi connectivity index (χ1) is 7.66. The van der Waals surface area contributed by atoms with Crippen LogP contribution in [0.2, 0.25) is 6.55 Å². The molecule has 1 fully saturated rings. The van der Waals surface area contributed by atoms with Crippen LogP contribution < -0.4 is 0 Å². The van der Waals surface area contributed by atoms with Gasteiger partial charge in [0.1, 0.15) is 5.73 Å². The first-order valence-corrected chi connectivity index (χ1v) is 8.39. The zero-order valence-electron chi connectivity index (χ0n) is 10.8. The first kappa shape index (κ1) is 14.1. The fourth-order valence-corrected chi connectivity index (χ4v) is 3.61. The summed E-state index contributed by atoms with van der Waals surface area (Å²) in [6.07, 6.45) is 3.59. The molecule has 2 unspecified atom stereocenters. The van der Waals surface area contributed by atoms with Gasteiger partial charge in [-0.1, -0.05) is 6.92 Å². The molecule has 0 aromatic heterocycles. The molecule has 1 aliphatic heterocycles. The molecule has 0 saturated carbocycles. The molecule has 1 heterocycles. The summed E-state index contributed by atoms with van der Waals surface area (Å²) in [5, 5.41) is 0. The third kappa shape index (κ3) is 4.14. The number of hydrogen-bond donors (Lipinski definition) is 0. The van der Waals surface area contributed by atoms with Gasteiger partial charge in [0.05, 0.1) is 12.7 Å². The van der Waals surface area contributed by atoms with Gasteiger partial charge in [0.2, 0.25) is 0 Å². The third-order valence-electron chi connectivity index (χ3n) is 3.16. The van der Waals surface area contributed by atoms with Gasteiger partial charge in [-0.2, -0.15) is 0 Å². The molecular formula is C11H24O4Si. The SMILES string of the molecule is CCC(OCCCC1CO1)[Si](C)(OC)OC. The van der Waals surface area contributed by atoms with Gasteiger partial charge in [-0.05, 0) is 25.8 Å². The van der Waals surface area contributed by atoms with Crippen molar-refractivity contribution in [3.8, 4) is 0 Å². The lowest BCUT2D eigenvalue weighted by molar-refractivity contribution is 0.0549. The smallest absolute Gasteiger partial charge is 0.364 e. The predicted molar refractivity (Wildman–Crippen MR) is 64.6 cm³/mol. The van der Waals surface area contributed by atoms with E-state index in [1.807, 2.05) is 6.55 Å². The minimum atomic E-state index is -2.14. The van der Waals surface area contributed by atoms with Gasteiger partial charge in [0.25, 0.3) is 0 Å². The number of rotatable bonds is 9. The Balaban J connectivity index is 2.22. The second-order valence-corrected chi connectivity index (χ2v) is 7.78. The average molecular weight is 248 g/mol. The Bertz CT molecular complexity index is 192. The van der Waals surface area contributed by atoms with Crippen molar-refractivity contribution in [1.82, 2.24) is 0 Å². The Morgan fingerprint density at radius 1 is 1.38 bits per heavy atom. The highest BCUT2D eigenvalue weighted by molar-refractivity contribution is 6.67. The van der Waals surface area contributed by atoms with Crippen molar-refractivity contribution in [2.24, 2.45) is 0 Å². The molecule has 96 valence electrons. The summed E-state index contributed by atoms with van der Waals surface area (Å²) in [5.41, 5.74) is 0.114. The lowest BCUT2D eigenvalue weighted by Gasteiger charge is -2.31. The van der Waals surface area contributed by atoms with Crippen LogP contribution in [0.1, 0.15) is 26.2 Å². The van der Waals surface area contributed by atoms with Crippen LogP contribution in [0.4, 0.5) is 0 Å². The van der Waals surface area contributed by atoms with Crippen LogP contribution in [0, 0.1) is 0 Å². The van der Waals surface area contributed by atoms with E-state index < -0.39 is 8.56 Å². The molecule has 0 bridgehead atoms. The second kappa shape index (κ2) is 6.71. The minimum Gasteiger partial charge on any atom is -0.396 e. The highest BCUT2D eigenvalue weighted by Crippen LogP contribution is 2.19. The van der Waals surface area contributed by atoms with Crippen LogP contribution >= 0.6 is 0 Å². The van der Waals surface area contributed by atoms with Crippen molar-refractivity contribution < 1.29 is 18.3 Å². The standard InChI is InChI=1S/C11H24O4Si/c1-5-11(16(4,12-2)13-3)14-8-6-7-10-9-15-10/h10-11H,5-9H2,1-4H3. The molecule has 0 spiro atoms. The zero-order chi connectivity index (χ0) is 12.0. The van der Waals surface area contributed by atoms with E-state index >= 15 is 0 Å². The topological polar surface area (TPSA) is 40.2 Å². The van der Waals surface area contributed by atoms with E-state index in [1.165, 1.54) is 0 Å². The molecular weight excluding hydrogens is 224 g/mol. The van der Waals surface area contributed by atoms with Gasteiger partial charge in [0, 0.05) is 20.8 Å². The van der Waals surface area contributed by atoms with E-state index in [1.54, 1.807) is 14.2 Å². The Morgan fingerprint density at radius 3 is 2.44 bits per heavy atom. The molecule has 0 radical (unpaired) electrons. The van der Waals surface area contributed by atoms with Gasteiger partial charge in [0.15, 0.2) is 0 Å². The molecule has 2 atom stereocenters. The molecule has 1 rings (SSSR count). The van der Waals surface area contributed by atoms with Crippen molar-refractivity contribution in [1.29, 1.82) is 0 Å². The lowest BCUT2D eigenvalue weighted by atomic mass is 10.3. The van der Waals surface area contributed by atoms with Crippen molar-refractivity contribution in [2.75, 3.05) is 27.4 Å². The fourth-order valence-electron chi connectivity index (χ4n) is 1.76. The highest BCUT2D eigenvalue weighted by atomic mass is 28.4. The Hall–Kier alpha value is 0.0569. The molecule has 4 nitrogen and oxygen atoms in total. The Kier molecular flexibility index (Phi) is 5.92. The highest BCUT2D eigenvalue weighted by Gasteiger charge is 2.39. The summed E-state index contributed by atoms with van der Waals surface area (Å²) in [6, 6.07) is 0. The lowest BCUT2D eigenvalue weighted by Crippen LogP contribution is -2.50. The molecule has 5 heteroatoms. The summed E-state index contributed by atoms with van der Waals surface area (Å²) in [4.78, 5) is 0. The summed E-state index contributed by atoms with van der Waals surface area (Å²) in [7, 11) is 1.27. The van der Waals surface area contributed by atoms with E-state index in [4.69, 9.17) is 18.3 Å². The molecule has 0 aromatic rings.